The van der Waals surface area contributed by atoms with Gasteiger partial charge in [0.15, 0.2) is 0 Å². The summed E-state index contributed by atoms with van der Waals surface area (Å²) in [5, 5.41) is 11.9. The van der Waals surface area contributed by atoms with Gasteiger partial charge >= 0.3 is 0 Å². The summed E-state index contributed by atoms with van der Waals surface area (Å²) in [6, 6.07) is 14.5. The molecular formula is C21H17BrClN5O2. The molecule has 0 spiro atoms. The lowest BCUT2D eigenvalue weighted by Gasteiger charge is -2.19. The Balaban J connectivity index is 1.87. The fourth-order valence-corrected chi connectivity index (χ4v) is 3.92. The Hall–Kier alpha value is -2.97. The van der Waals surface area contributed by atoms with Crippen molar-refractivity contribution in [1.82, 2.24) is 24.8 Å². The Labute approximate surface area is 186 Å². The highest BCUT2D eigenvalue weighted by Gasteiger charge is 2.18. The Morgan fingerprint density at radius 2 is 1.97 bits per heavy atom. The lowest BCUT2D eigenvalue weighted by Crippen LogP contribution is -2.23. The SMILES string of the molecule is COc1cn(C(C)c2cccc(Br)c2)c(=O)cc1-c1cc(Cl)ccc1-n1cnnn1. The van der Waals surface area contributed by atoms with Gasteiger partial charge in [0.2, 0.25) is 0 Å². The Bertz CT molecular complexity index is 1260. The number of nitrogens with zero attached hydrogens (tertiary/aromatic N) is 5. The van der Waals surface area contributed by atoms with Crippen molar-refractivity contribution >= 4 is 27.5 Å². The van der Waals surface area contributed by atoms with Gasteiger partial charge in [-0.2, -0.15) is 4.68 Å². The van der Waals surface area contributed by atoms with Crippen molar-refractivity contribution in [2.24, 2.45) is 0 Å². The molecule has 2 aromatic carbocycles. The molecule has 7 nitrogen and oxygen atoms in total. The van der Waals surface area contributed by atoms with Crippen molar-refractivity contribution in [3.8, 4) is 22.6 Å². The minimum atomic E-state index is -0.184. The first kappa shape index (κ1) is 20.3. The molecule has 4 rings (SSSR count). The molecule has 0 N–H and O–H groups in total. The molecule has 1 atom stereocenters. The number of halogens is 2. The highest BCUT2D eigenvalue weighted by molar-refractivity contribution is 9.10. The maximum absolute atomic E-state index is 13.1. The first-order valence-electron chi connectivity index (χ1n) is 9.07. The van der Waals surface area contributed by atoms with Crippen LogP contribution in [0, 0.1) is 0 Å². The summed E-state index contributed by atoms with van der Waals surface area (Å²) in [5.74, 6) is 0.535. The Morgan fingerprint density at radius 1 is 1.13 bits per heavy atom. The van der Waals surface area contributed by atoms with Gasteiger partial charge in [0.25, 0.3) is 5.56 Å². The molecule has 9 heteroatoms. The normalized spacial score (nSPS) is 12.0. The minimum absolute atomic E-state index is 0.166. The van der Waals surface area contributed by atoms with E-state index in [1.807, 2.05) is 31.2 Å². The molecule has 0 saturated heterocycles. The highest BCUT2D eigenvalue weighted by Crippen LogP contribution is 2.35. The molecule has 30 heavy (non-hydrogen) atoms. The predicted octanol–water partition coefficient (Wildman–Crippen LogP) is 4.52. The van der Waals surface area contributed by atoms with Crippen LogP contribution in [0.5, 0.6) is 5.75 Å². The molecule has 4 aromatic rings. The van der Waals surface area contributed by atoms with Gasteiger partial charge in [-0.25, -0.2) is 0 Å². The zero-order valence-electron chi connectivity index (χ0n) is 16.2. The summed E-state index contributed by atoms with van der Waals surface area (Å²) >= 11 is 9.73. The quantitative estimate of drug-likeness (QED) is 0.414. The van der Waals surface area contributed by atoms with E-state index < -0.39 is 0 Å². The number of hydrogen-bond acceptors (Lipinski definition) is 5. The topological polar surface area (TPSA) is 74.8 Å². The maximum atomic E-state index is 13.1. The molecule has 0 saturated carbocycles. The van der Waals surface area contributed by atoms with Gasteiger partial charge in [-0.3, -0.25) is 4.79 Å². The first-order valence-corrected chi connectivity index (χ1v) is 10.2. The van der Waals surface area contributed by atoms with Gasteiger partial charge in [0.1, 0.15) is 12.1 Å². The van der Waals surface area contributed by atoms with Gasteiger partial charge < -0.3 is 9.30 Å². The molecule has 2 aromatic heterocycles. The molecule has 0 aliphatic carbocycles. The third-order valence-corrected chi connectivity index (χ3v) is 5.59. The van der Waals surface area contributed by atoms with Crippen molar-refractivity contribution in [2.75, 3.05) is 7.11 Å². The number of tetrazole rings is 1. The van der Waals surface area contributed by atoms with Crippen LogP contribution >= 0.6 is 27.5 Å². The molecule has 0 aliphatic rings. The zero-order valence-corrected chi connectivity index (χ0v) is 18.5. The summed E-state index contributed by atoms with van der Waals surface area (Å²) in [6.45, 7) is 1.97. The average molecular weight is 487 g/mol. The molecule has 2 heterocycles. The third-order valence-electron chi connectivity index (χ3n) is 4.86. The summed E-state index contributed by atoms with van der Waals surface area (Å²) in [6.07, 6.45) is 3.20. The number of benzene rings is 2. The monoisotopic (exact) mass is 485 g/mol. The van der Waals surface area contributed by atoms with E-state index in [0.717, 1.165) is 10.0 Å². The van der Waals surface area contributed by atoms with Crippen molar-refractivity contribution in [1.29, 1.82) is 0 Å². The number of aromatic nitrogens is 5. The van der Waals surface area contributed by atoms with Crippen LogP contribution in [0.15, 0.2) is 70.3 Å². The zero-order chi connectivity index (χ0) is 21.3. The standard InChI is InChI=1S/C21H17BrClN5O2/c1-13(14-4-3-5-15(22)8-14)27-11-20(30-2)18(10-21(27)29)17-9-16(23)6-7-19(17)28-12-24-25-26-28/h3-13H,1-2H3. The molecule has 0 amide bonds. The largest absolute Gasteiger partial charge is 0.495 e. The van der Waals surface area contributed by atoms with Gasteiger partial charge in [-0.05, 0) is 53.2 Å². The van der Waals surface area contributed by atoms with Crippen LogP contribution in [0.1, 0.15) is 18.5 Å². The summed E-state index contributed by atoms with van der Waals surface area (Å²) < 4.78 is 9.76. The van der Waals surface area contributed by atoms with Gasteiger partial charge in [0, 0.05) is 26.7 Å². The van der Waals surface area contributed by atoms with E-state index in [4.69, 9.17) is 16.3 Å². The van der Waals surface area contributed by atoms with Gasteiger partial charge in [-0.1, -0.05) is 39.7 Å². The van der Waals surface area contributed by atoms with Crippen molar-refractivity contribution in [3.05, 3.63) is 86.5 Å². The molecule has 0 bridgehead atoms. The Morgan fingerprint density at radius 3 is 2.67 bits per heavy atom. The summed E-state index contributed by atoms with van der Waals surface area (Å²) in [4.78, 5) is 13.1. The number of pyridine rings is 1. The highest BCUT2D eigenvalue weighted by atomic mass is 79.9. The molecule has 152 valence electrons. The molecule has 0 radical (unpaired) electrons. The number of ether oxygens (including phenoxy) is 1. The van der Waals surface area contributed by atoms with Crippen LogP contribution in [0.3, 0.4) is 0 Å². The summed E-state index contributed by atoms with van der Waals surface area (Å²) in [7, 11) is 1.57. The molecule has 0 aliphatic heterocycles. The number of methoxy groups -OCH3 is 1. The number of hydrogen-bond donors (Lipinski definition) is 0. The third kappa shape index (κ3) is 3.88. The first-order chi connectivity index (χ1) is 14.5. The van der Waals surface area contributed by atoms with Crippen LogP contribution in [-0.4, -0.2) is 31.9 Å². The Kier molecular flexibility index (Phi) is 5.69. The average Bonchev–Trinajstić information content (AvgIpc) is 3.27. The van der Waals surface area contributed by atoms with Crippen molar-refractivity contribution in [2.45, 2.75) is 13.0 Å². The maximum Gasteiger partial charge on any atom is 0.251 e. The van der Waals surface area contributed by atoms with Gasteiger partial charge in [-0.15, -0.1) is 5.10 Å². The van der Waals surface area contributed by atoms with E-state index in [0.29, 0.717) is 27.6 Å². The summed E-state index contributed by atoms with van der Waals surface area (Å²) in [5.41, 5.74) is 2.80. The number of rotatable bonds is 5. The minimum Gasteiger partial charge on any atom is -0.495 e. The lowest BCUT2D eigenvalue weighted by atomic mass is 10.0. The van der Waals surface area contributed by atoms with E-state index >= 15 is 0 Å². The van der Waals surface area contributed by atoms with Crippen LogP contribution in [0.4, 0.5) is 0 Å². The van der Waals surface area contributed by atoms with Crippen LogP contribution < -0.4 is 10.3 Å². The van der Waals surface area contributed by atoms with E-state index in [-0.39, 0.29) is 11.6 Å². The van der Waals surface area contributed by atoms with E-state index in [2.05, 4.69) is 31.5 Å². The van der Waals surface area contributed by atoms with Crippen LogP contribution in [0.2, 0.25) is 5.02 Å². The van der Waals surface area contributed by atoms with Crippen LogP contribution in [-0.2, 0) is 0 Å². The van der Waals surface area contributed by atoms with E-state index in [1.54, 1.807) is 42.1 Å². The lowest BCUT2D eigenvalue weighted by molar-refractivity contribution is 0.408. The van der Waals surface area contributed by atoms with E-state index in [9.17, 15) is 4.79 Å². The molecular weight excluding hydrogens is 470 g/mol. The molecule has 1 unspecified atom stereocenters. The second-order valence-corrected chi connectivity index (χ2v) is 8.00. The smallest absolute Gasteiger partial charge is 0.251 e. The van der Waals surface area contributed by atoms with Crippen molar-refractivity contribution < 1.29 is 4.74 Å². The predicted molar refractivity (Wildman–Crippen MR) is 118 cm³/mol. The van der Waals surface area contributed by atoms with Gasteiger partial charge in [0.05, 0.1) is 25.0 Å². The van der Waals surface area contributed by atoms with E-state index in [1.165, 1.54) is 11.0 Å². The second kappa shape index (κ2) is 8.41. The fraction of sp³-hybridized carbons (Fsp3) is 0.143. The van der Waals surface area contributed by atoms with Crippen molar-refractivity contribution in [3.63, 3.8) is 0 Å². The fourth-order valence-electron chi connectivity index (χ4n) is 3.33. The van der Waals surface area contributed by atoms with Crippen LogP contribution in [0.25, 0.3) is 16.8 Å². The second-order valence-electron chi connectivity index (χ2n) is 6.65. The molecule has 0 fully saturated rings.